The maximum absolute atomic E-state index is 7.74. The summed E-state index contributed by atoms with van der Waals surface area (Å²) >= 11 is 0. The summed E-state index contributed by atoms with van der Waals surface area (Å²) in [5.74, 6) is 0.134. The summed E-state index contributed by atoms with van der Waals surface area (Å²) in [4.78, 5) is 3.65. The van der Waals surface area contributed by atoms with Gasteiger partial charge in [-0.3, -0.25) is 5.41 Å². The van der Waals surface area contributed by atoms with Crippen LogP contribution in [0.15, 0.2) is 51.9 Å². The summed E-state index contributed by atoms with van der Waals surface area (Å²) in [6, 6.07) is 13.5. The number of nitrogens with zero attached hydrogens (tertiary/aromatic N) is 1. The van der Waals surface area contributed by atoms with Crippen molar-refractivity contribution in [2.24, 2.45) is 4.99 Å². The van der Waals surface area contributed by atoms with Crippen molar-refractivity contribution in [3.63, 3.8) is 0 Å². The van der Waals surface area contributed by atoms with Gasteiger partial charge in [0, 0.05) is 10.8 Å². The number of hydrogen-bond donors (Lipinski definition) is 1. The highest BCUT2D eigenvalue weighted by Crippen LogP contribution is 2.30. The van der Waals surface area contributed by atoms with Crippen LogP contribution in [0, 0.1) is 5.41 Å². The third-order valence-electron chi connectivity index (χ3n) is 2.82. The van der Waals surface area contributed by atoms with Crippen molar-refractivity contribution in [1.29, 1.82) is 5.41 Å². The van der Waals surface area contributed by atoms with Gasteiger partial charge < -0.3 is 4.42 Å². The van der Waals surface area contributed by atoms with Crippen molar-refractivity contribution in [3.8, 4) is 0 Å². The molecule has 17 heavy (non-hydrogen) atoms. The minimum absolute atomic E-state index is 0.134. The number of nitrogens with one attached hydrogen (secondary N) is 1. The second-order valence-corrected chi connectivity index (χ2v) is 3.79. The number of hydrogen-bond acceptors (Lipinski definition) is 2. The summed E-state index contributed by atoms with van der Waals surface area (Å²) in [6.45, 7) is 3.38. The van der Waals surface area contributed by atoms with Gasteiger partial charge in [0.25, 0.3) is 0 Å². The molecular weight excluding hydrogens is 212 g/mol. The Balaban J connectivity index is 2.47. The second kappa shape index (κ2) is 3.56. The first-order valence-electron chi connectivity index (χ1n) is 5.27. The molecule has 2 aromatic carbocycles. The van der Waals surface area contributed by atoms with Gasteiger partial charge in [-0.05, 0) is 18.9 Å². The molecule has 3 heteroatoms. The molecule has 0 fully saturated rings. The number of rotatable bonds is 1. The van der Waals surface area contributed by atoms with Crippen LogP contribution in [0.1, 0.15) is 5.56 Å². The first kappa shape index (κ1) is 9.78. The monoisotopic (exact) mass is 222 g/mol. The predicted molar refractivity (Wildman–Crippen MR) is 70.1 cm³/mol. The van der Waals surface area contributed by atoms with E-state index in [9.17, 15) is 0 Å². The van der Waals surface area contributed by atoms with Crippen LogP contribution in [0.5, 0.6) is 0 Å². The molecule has 0 spiro atoms. The Bertz CT molecular complexity index is 740. The summed E-state index contributed by atoms with van der Waals surface area (Å²) in [7, 11) is 0. The van der Waals surface area contributed by atoms with Crippen molar-refractivity contribution >= 4 is 34.5 Å². The van der Waals surface area contributed by atoms with Gasteiger partial charge in [0.1, 0.15) is 11.2 Å². The van der Waals surface area contributed by atoms with Gasteiger partial charge in [-0.15, -0.1) is 0 Å². The molecule has 0 atom stereocenters. The number of benzene rings is 2. The molecule has 1 N–H and O–H groups in total. The van der Waals surface area contributed by atoms with Crippen LogP contribution in [-0.2, 0) is 0 Å². The van der Waals surface area contributed by atoms with E-state index >= 15 is 0 Å². The van der Waals surface area contributed by atoms with E-state index in [-0.39, 0.29) is 5.84 Å². The van der Waals surface area contributed by atoms with Crippen molar-refractivity contribution in [3.05, 3.63) is 48.0 Å². The van der Waals surface area contributed by atoms with Crippen molar-refractivity contribution < 1.29 is 4.42 Å². The van der Waals surface area contributed by atoms with E-state index < -0.39 is 0 Å². The van der Waals surface area contributed by atoms with E-state index in [4.69, 9.17) is 9.83 Å². The molecule has 0 bridgehead atoms. The van der Waals surface area contributed by atoms with Crippen LogP contribution in [0.2, 0.25) is 0 Å². The predicted octanol–water partition coefficient (Wildman–Crippen LogP) is 3.61. The van der Waals surface area contributed by atoms with Crippen LogP contribution in [0.3, 0.4) is 0 Å². The molecule has 0 saturated heterocycles. The van der Waals surface area contributed by atoms with E-state index in [2.05, 4.69) is 11.7 Å². The van der Waals surface area contributed by atoms with E-state index in [0.29, 0.717) is 11.1 Å². The lowest BCUT2D eigenvalue weighted by atomic mass is 10.1. The molecular formula is C14H10N2O. The molecule has 82 valence electrons. The molecule has 0 aliphatic carbocycles. The van der Waals surface area contributed by atoms with Crippen molar-refractivity contribution in [1.82, 2.24) is 0 Å². The Morgan fingerprint density at radius 1 is 1.06 bits per heavy atom. The number of para-hydroxylation sites is 2. The third kappa shape index (κ3) is 1.36. The zero-order valence-electron chi connectivity index (χ0n) is 9.10. The number of amidine groups is 1. The summed E-state index contributed by atoms with van der Waals surface area (Å²) < 4.78 is 5.78. The Hall–Kier alpha value is -2.42. The zero-order valence-corrected chi connectivity index (χ0v) is 9.10. The minimum atomic E-state index is 0.134. The standard InChI is InChI=1S/C14H10N2O/c1-16-14(15)11-7-4-6-10-9-5-2-3-8-12(9)17-13(10)11/h2-8,15H,1H2. The molecule has 0 aliphatic heterocycles. The fourth-order valence-electron chi connectivity index (χ4n) is 2.02. The zero-order chi connectivity index (χ0) is 11.8. The Kier molecular flexibility index (Phi) is 2.05. The average molecular weight is 222 g/mol. The van der Waals surface area contributed by atoms with Crippen LogP contribution < -0.4 is 0 Å². The van der Waals surface area contributed by atoms with Gasteiger partial charge >= 0.3 is 0 Å². The average Bonchev–Trinajstić information content (AvgIpc) is 2.76. The number of fused-ring (bicyclic) bond motifs is 3. The molecule has 1 heterocycles. The highest BCUT2D eigenvalue weighted by atomic mass is 16.3. The Morgan fingerprint density at radius 2 is 1.82 bits per heavy atom. The van der Waals surface area contributed by atoms with E-state index in [0.717, 1.165) is 16.4 Å². The van der Waals surface area contributed by atoms with Crippen LogP contribution in [0.4, 0.5) is 0 Å². The summed E-state index contributed by atoms with van der Waals surface area (Å²) in [5.41, 5.74) is 2.20. The minimum Gasteiger partial charge on any atom is -0.455 e. The maximum Gasteiger partial charge on any atom is 0.154 e. The topological polar surface area (TPSA) is 49.4 Å². The molecule has 0 unspecified atom stereocenters. The van der Waals surface area contributed by atoms with Gasteiger partial charge in [-0.1, -0.05) is 30.3 Å². The molecule has 0 radical (unpaired) electrons. The quantitative estimate of drug-likeness (QED) is 0.496. The molecule has 0 aliphatic rings. The van der Waals surface area contributed by atoms with Crippen molar-refractivity contribution in [2.45, 2.75) is 0 Å². The first-order valence-corrected chi connectivity index (χ1v) is 5.27. The highest BCUT2D eigenvalue weighted by molar-refractivity contribution is 6.14. The lowest BCUT2D eigenvalue weighted by Crippen LogP contribution is -1.93. The fraction of sp³-hybridized carbons (Fsp3) is 0. The van der Waals surface area contributed by atoms with E-state index in [1.54, 1.807) is 0 Å². The van der Waals surface area contributed by atoms with Gasteiger partial charge in [-0.2, -0.15) is 0 Å². The molecule has 3 aromatic rings. The molecule has 3 rings (SSSR count). The third-order valence-corrected chi connectivity index (χ3v) is 2.82. The fourth-order valence-corrected chi connectivity index (χ4v) is 2.02. The van der Waals surface area contributed by atoms with Gasteiger partial charge in [0.15, 0.2) is 5.84 Å². The van der Waals surface area contributed by atoms with Crippen LogP contribution >= 0.6 is 0 Å². The normalized spacial score (nSPS) is 10.8. The smallest absolute Gasteiger partial charge is 0.154 e. The van der Waals surface area contributed by atoms with E-state index in [1.165, 1.54) is 0 Å². The SMILES string of the molecule is C=NC(=N)c1cccc2c1oc1ccccc12. The highest BCUT2D eigenvalue weighted by Gasteiger charge is 2.11. The summed E-state index contributed by atoms with van der Waals surface area (Å²) in [6.07, 6.45) is 0. The van der Waals surface area contributed by atoms with E-state index in [1.807, 2.05) is 42.5 Å². The Morgan fingerprint density at radius 3 is 2.65 bits per heavy atom. The lowest BCUT2D eigenvalue weighted by molar-refractivity contribution is 0.668. The lowest BCUT2D eigenvalue weighted by Gasteiger charge is -1.97. The molecule has 0 saturated carbocycles. The van der Waals surface area contributed by atoms with Gasteiger partial charge in [0.2, 0.25) is 0 Å². The van der Waals surface area contributed by atoms with Crippen molar-refractivity contribution in [2.75, 3.05) is 0 Å². The second-order valence-electron chi connectivity index (χ2n) is 3.79. The molecule has 3 nitrogen and oxygen atoms in total. The largest absolute Gasteiger partial charge is 0.455 e. The Labute approximate surface area is 97.9 Å². The van der Waals surface area contributed by atoms with Crippen LogP contribution in [0.25, 0.3) is 21.9 Å². The van der Waals surface area contributed by atoms with Gasteiger partial charge in [0.05, 0.1) is 5.56 Å². The number of aliphatic imine (C=N–C) groups is 1. The first-order chi connectivity index (χ1) is 8.31. The molecule has 0 amide bonds. The molecule has 1 aromatic heterocycles. The maximum atomic E-state index is 7.74. The number of furan rings is 1. The van der Waals surface area contributed by atoms with Crippen LogP contribution in [-0.4, -0.2) is 12.6 Å². The van der Waals surface area contributed by atoms with Gasteiger partial charge in [-0.25, -0.2) is 4.99 Å². The summed E-state index contributed by atoms with van der Waals surface area (Å²) in [5, 5.41) is 9.81.